The SMILES string of the molecule is C=CCNC(=NCCc1csc(C)n1)NCC.I. The minimum Gasteiger partial charge on any atom is -0.357 e. The molecule has 0 atom stereocenters. The molecule has 0 aromatic carbocycles. The minimum absolute atomic E-state index is 0. The number of nitrogens with one attached hydrogen (secondary N) is 2. The van der Waals surface area contributed by atoms with Gasteiger partial charge in [0.2, 0.25) is 0 Å². The second-order valence-electron chi connectivity index (χ2n) is 3.54. The lowest BCUT2D eigenvalue weighted by atomic mass is 10.3. The van der Waals surface area contributed by atoms with E-state index in [1.54, 1.807) is 11.3 Å². The predicted octanol–water partition coefficient (Wildman–Crippen LogP) is 2.35. The highest BCUT2D eigenvalue weighted by Crippen LogP contribution is 2.08. The Bertz CT molecular complexity index is 376. The van der Waals surface area contributed by atoms with Crippen molar-refractivity contribution in [3.8, 4) is 0 Å². The summed E-state index contributed by atoms with van der Waals surface area (Å²) in [4.78, 5) is 8.87. The largest absolute Gasteiger partial charge is 0.357 e. The zero-order valence-electron chi connectivity index (χ0n) is 10.9. The van der Waals surface area contributed by atoms with Crippen LogP contribution in [0.1, 0.15) is 17.6 Å². The summed E-state index contributed by atoms with van der Waals surface area (Å²) >= 11 is 1.68. The second-order valence-corrected chi connectivity index (χ2v) is 4.60. The van der Waals surface area contributed by atoms with Crippen molar-refractivity contribution in [1.29, 1.82) is 0 Å². The quantitative estimate of drug-likeness (QED) is 0.345. The van der Waals surface area contributed by atoms with E-state index >= 15 is 0 Å². The van der Waals surface area contributed by atoms with E-state index in [2.05, 4.69) is 39.5 Å². The molecule has 0 aliphatic rings. The summed E-state index contributed by atoms with van der Waals surface area (Å²) in [6.07, 6.45) is 2.70. The van der Waals surface area contributed by atoms with E-state index in [1.807, 2.05) is 13.0 Å². The van der Waals surface area contributed by atoms with Gasteiger partial charge in [0, 0.05) is 31.4 Å². The third kappa shape index (κ3) is 6.95. The molecule has 0 unspecified atom stereocenters. The molecule has 1 heterocycles. The van der Waals surface area contributed by atoms with Crippen LogP contribution in [0.5, 0.6) is 0 Å². The van der Waals surface area contributed by atoms with E-state index in [0.717, 1.165) is 42.7 Å². The van der Waals surface area contributed by atoms with Crippen molar-refractivity contribution in [3.63, 3.8) is 0 Å². The number of thiazole rings is 1. The van der Waals surface area contributed by atoms with Crippen LogP contribution in [0, 0.1) is 6.92 Å². The summed E-state index contributed by atoms with van der Waals surface area (Å²) in [5.41, 5.74) is 1.12. The van der Waals surface area contributed by atoms with E-state index in [4.69, 9.17) is 0 Å². The molecule has 0 amide bonds. The van der Waals surface area contributed by atoms with Crippen molar-refractivity contribution >= 4 is 41.3 Å². The topological polar surface area (TPSA) is 49.3 Å². The number of hydrogen-bond acceptors (Lipinski definition) is 3. The van der Waals surface area contributed by atoms with Crippen LogP contribution in [0.4, 0.5) is 0 Å². The lowest BCUT2D eigenvalue weighted by Crippen LogP contribution is -2.37. The van der Waals surface area contributed by atoms with Gasteiger partial charge in [-0.1, -0.05) is 6.08 Å². The lowest BCUT2D eigenvalue weighted by molar-refractivity contribution is 0.845. The van der Waals surface area contributed by atoms with Gasteiger partial charge in [0.05, 0.1) is 10.7 Å². The zero-order valence-corrected chi connectivity index (χ0v) is 14.0. The molecule has 0 radical (unpaired) electrons. The molecular weight excluding hydrogens is 359 g/mol. The Balaban J connectivity index is 0.00000289. The summed E-state index contributed by atoms with van der Waals surface area (Å²) in [5, 5.41) is 9.55. The normalized spacial score (nSPS) is 10.7. The fourth-order valence-electron chi connectivity index (χ4n) is 1.32. The molecule has 0 aliphatic heterocycles. The van der Waals surface area contributed by atoms with Gasteiger partial charge in [-0.25, -0.2) is 4.98 Å². The van der Waals surface area contributed by atoms with Crippen molar-refractivity contribution in [2.24, 2.45) is 4.99 Å². The number of rotatable bonds is 6. The van der Waals surface area contributed by atoms with Gasteiger partial charge in [-0.05, 0) is 13.8 Å². The smallest absolute Gasteiger partial charge is 0.191 e. The minimum atomic E-state index is 0. The molecule has 0 saturated heterocycles. The molecule has 0 fully saturated rings. The molecular formula is C12H21IN4S. The van der Waals surface area contributed by atoms with E-state index in [9.17, 15) is 0 Å². The number of hydrogen-bond donors (Lipinski definition) is 2. The molecule has 4 nitrogen and oxygen atoms in total. The number of aryl methyl sites for hydroxylation is 1. The van der Waals surface area contributed by atoms with Crippen LogP contribution in [0.15, 0.2) is 23.0 Å². The number of guanidine groups is 1. The third-order valence-electron chi connectivity index (χ3n) is 2.06. The van der Waals surface area contributed by atoms with E-state index in [-0.39, 0.29) is 24.0 Å². The molecule has 0 spiro atoms. The number of aliphatic imine (C=N–C) groups is 1. The average Bonchev–Trinajstić information content (AvgIpc) is 2.72. The Morgan fingerprint density at radius 1 is 1.56 bits per heavy atom. The van der Waals surface area contributed by atoms with Gasteiger partial charge in [-0.15, -0.1) is 41.9 Å². The van der Waals surface area contributed by atoms with Gasteiger partial charge < -0.3 is 10.6 Å². The first-order valence-electron chi connectivity index (χ1n) is 5.80. The highest BCUT2D eigenvalue weighted by Gasteiger charge is 1.98. The first-order valence-corrected chi connectivity index (χ1v) is 6.68. The third-order valence-corrected chi connectivity index (χ3v) is 2.88. The average molecular weight is 380 g/mol. The van der Waals surface area contributed by atoms with Gasteiger partial charge in [0.25, 0.3) is 0 Å². The summed E-state index contributed by atoms with van der Waals surface area (Å²) in [6.45, 7) is 10.1. The van der Waals surface area contributed by atoms with E-state index in [0.29, 0.717) is 0 Å². The maximum absolute atomic E-state index is 4.47. The first kappa shape index (κ1) is 17.4. The first-order chi connectivity index (χ1) is 8.26. The lowest BCUT2D eigenvalue weighted by Gasteiger charge is -2.08. The van der Waals surface area contributed by atoms with Crippen LogP contribution >= 0.6 is 35.3 Å². The van der Waals surface area contributed by atoms with E-state index in [1.165, 1.54) is 0 Å². The van der Waals surface area contributed by atoms with Gasteiger partial charge >= 0.3 is 0 Å². The number of halogens is 1. The van der Waals surface area contributed by atoms with Gasteiger partial charge in [-0.2, -0.15) is 0 Å². The van der Waals surface area contributed by atoms with Gasteiger partial charge in [-0.3, -0.25) is 4.99 Å². The van der Waals surface area contributed by atoms with Crippen molar-refractivity contribution in [2.75, 3.05) is 19.6 Å². The molecule has 1 rings (SSSR count). The maximum atomic E-state index is 4.47. The highest BCUT2D eigenvalue weighted by atomic mass is 127. The molecule has 0 saturated carbocycles. The van der Waals surface area contributed by atoms with E-state index < -0.39 is 0 Å². The number of nitrogens with zero attached hydrogens (tertiary/aromatic N) is 2. The van der Waals surface area contributed by atoms with Gasteiger partial charge in [0.1, 0.15) is 0 Å². The second kappa shape index (κ2) is 10.3. The standard InChI is InChI=1S/C12H20N4S.HI/c1-4-7-14-12(13-5-2)15-8-6-11-9-17-10(3)16-11;/h4,9H,1,5-8H2,2-3H3,(H2,13,14,15);1H. The fraction of sp³-hybridized carbons (Fsp3) is 0.500. The molecule has 18 heavy (non-hydrogen) atoms. The van der Waals surface area contributed by atoms with Crippen LogP contribution in [-0.2, 0) is 6.42 Å². The zero-order chi connectivity index (χ0) is 12.5. The predicted molar refractivity (Wildman–Crippen MR) is 90.1 cm³/mol. The van der Waals surface area contributed by atoms with Crippen LogP contribution in [-0.4, -0.2) is 30.6 Å². The van der Waals surface area contributed by atoms with Crippen molar-refractivity contribution in [2.45, 2.75) is 20.3 Å². The molecule has 102 valence electrons. The summed E-state index contributed by atoms with van der Waals surface area (Å²) in [7, 11) is 0. The Kier molecular flexibility index (Phi) is 9.95. The molecule has 0 bridgehead atoms. The van der Waals surface area contributed by atoms with Crippen molar-refractivity contribution < 1.29 is 0 Å². The highest BCUT2D eigenvalue weighted by molar-refractivity contribution is 14.0. The fourth-order valence-corrected chi connectivity index (χ4v) is 1.96. The summed E-state index contributed by atoms with van der Waals surface area (Å²) in [6, 6.07) is 0. The Labute approximate surface area is 130 Å². The Morgan fingerprint density at radius 2 is 2.33 bits per heavy atom. The molecule has 1 aromatic rings. The van der Waals surface area contributed by atoms with Crippen LogP contribution < -0.4 is 10.6 Å². The van der Waals surface area contributed by atoms with Crippen LogP contribution in [0.25, 0.3) is 0 Å². The molecule has 0 aliphatic carbocycles. The van der Waals surface area contributed by atoms with Crippen molar-refractivity contribution in [3.05, 3.63) is 28.7 Å². The van der Waals surface area contributed by atoms with Crippen LogP contribution in [0.3, 0.4) is 0 Å². The molecule has 6 heteroatoms. The Hall–Kier alpha value is -0.630. The van der Waals surface area contributed by atoms with Gasteiger partial charge in [0.15, 0.2) is 5.96 Å². The molecule has 1 aromatic heterocycles. The van der Waals surface area contributed by atoms with Crippen LogP contribution in [0.2, 0.25) is 0 Å². The number of aromatic nitrogens is 1. The summed E-state index contributed by atoms with van der Waals surface area (Å²) < 4.78 is 0. The summed E-state index contributed by atoms with van der Waals surface area (Å²) in [5.74, 6) is 0.833. The molecule has 2 N–H and O–H groups in total. The Morgan fingerprint density at radius 3 is 2.89 bits per heavy atom. The maximum Gasteiger partial charge on any atom is 0.191 e. The monoisotopic (exact) mass is 380 g/mol. The van der Waals surface area contributed by atoms with Crippen molar-refractivity contribution in [1.82, 2.24) is 15.6 Å².